The summed E-state index contributed by atoms with van der Waals surface area (Å²) in [5, 5.41) is 2.72. The molecule has 0 atom stereocenters. The Morgan fingerprint density at radius 2 is 1.80 bits per heavy atom. The first kappa shape index (κ1) is 14.0. The number of nitrogens with one attached hydrogen (secondary N) is 1. The first-order valence-electron chi connectivity index (χ1n) is 6.07. The zero-order chi connectivity index (χ0) is 14.5. The van der Waals surface area contributed by atoms with Gasteiger partial charge in [-0.2, -0.15) is 0 Å². The van der Waals surface area contributed by atoms with Crippen LogP contribution in [0.25, 0.3) is 0 Å². The number of amides is 1. The molecule has 0 spiro atoms. The Morgan fingerprint density at radius 1 is 1.10 bits per heavy atom. The maximum Gasteiger partial charge on any atom is 0.243 e. The fourth-order valence-electron chi connectivity index (χ4n) is 1.75. The summed E-state index contributed by atoms with van der Waals surface area (Å²) < 4.78 is 26.0. The third-order valence-corrected chi connectivity index (χ3v) is 2.78. The van der Waals surface area contributed by atoms with Crippen LogP contribution < -0.4 is 10.2 Å². The van der Waals surface area contributed by atoms with Gasteiger partial charge in [0.15, 0.2) is 11.6 Å². The van der Waals surface area contributed by atoms with Crippen LogP contribution in [0.2, 0.25) is 0 Å². The Bertz CT molecular complexity index is 602. The Hall–Kier alpha value is -2.43. The molecule has 0 aliphatic carbocycles. The number of hydrogen-bond acceptors (Lipinski definition) is 2. The molecule has 0 aromatic heterocycles. The van der Waals surface area contributed by atoms with E-state index < -0.39 is 11.6 Å². The van der Waals surface area contributed by atoms with Crippen molar-refractivity contribution >= 4 is 17.3 Å². The van der Waals surface area contributed by atoms with Crippen LogP contribution in [0.3, 0.4) is 0 Å². The monoisotopic (exact) mass is 276 g/mol. The van der Waals surface area contributed by atoms with E-state index >= 15 is 0 Å². The molecule has 0 heterocycles. The van der Waals surface area contributed by atoms with Crippen molar-refractivity contribution in [2.45, 2.75) is 0 Å². The fraction of sp³-hybridized carbons (Fsp3) is 0.133. The number of likely N-dealkylation sites (N-methyl/N-ethyl adjacent to an activating group) is 1. The molecule has 0 unspecified atom stereocenters. The van der Waals surface area contributed by atoms with Gasteiger partial charge in [0.05, 0.1) is 6.54 Å². The predicted molar refractivity (Wildman–Crippen MR) is 74.7 cm³/mol. The molecule has 2 aromatic rings. The molecule has 0 fully saturated rings. The fourth-order valence-corrected chi connectivity index (χ4v) is 1.75. The molecule has 0 saturated carbocycles. The van der Waals surface area contributed by atoms with Crippen LogP contribution in [-0.2, 0) is 4.79 Å². The van der Waals surface area contributed by atoms with Crippen molar-refractivity contribution in [1.29, 1.82) is 0 Å². The lowest BCUT2D eigenvalue weighted by Crippen LogP contribution is -2.30. The van der Waals surface area contributed by atoms with Gasteiger partial charge in [0, 0.05) is 24.5 Å². The topological polar surface area (TPSA) is 32.3 Å². The summed E-state index contributed by atoms with van der Waals surface area (Å²) in [6, 6.07) is 12.5. The highest BCUT2D eigenvalue weighted by Crippen LogP contribution is 2.16. The lowest BCUT2D eigenvalue weighted by atomic mass is 10.2. The van der Waals surface area contributed by atoms with E-state index in [0.29, 0.717) is 11.4 Å². The number of rotatable bonds is 4. The standard InChI is InChI=1S/C15H14F2N2O/c1-19(12-7-8-13(16)14(17)9-12)10-15(20)18-11-5-3-2-4-6-11/h2-9H,10H2,1H3,(H,18,20). The number of anilines is 2. The molecule has 0 aliphatic rings. The summed E-state index contributed by atoms with van der Waals surface area (Å²) in [6.45, 7) is 0.0416. The molecule has 0 radical (unpaired) electrons. The molecule has 104 valence electrons. The smallest absolute Gasteiger partial charge is 0.243 e. The van der Waals surface area contributed by atoms with Gasteiger partial charge in [-0.25, -0.2) is 8.78 Å². The number of hydrogen-bond donors (Lipinski definition) is 1. The normalized spacial score (nSPS) is 10.2. The number of para-hydroxylation sites is 1. The average molecular weight is 276 g/mol. The first-order valence-corrected chi connectivity index (χ1v) is 6.07. The van der Waals surface area contributed by atoms with Crippen LogP contribution in [0.5, 0.6) is 0 Å². The van der Waals surface area contributed by atoms with E-state index in [4.69, 9.17) is 0 Å². The van der Waals surface area contributed by atoms with Crippen molar-refractivity contribution in [2.75, 3.05) is 23.8 Å². The van der Waals surface area contributed by atoms with E-state index in [-0.39, 0.29) is 12.5 Å². The second-order valence-electron chi connectivity index (χ2n) is 4.37. The summed E-state index contributed by atoms with van der Waals surface area (Å²) in [7, 11) is 1.64. The van der Waals surface area contributed by atoms with Gasteiger partial charge in [-0.1, -0.05) is 18.2 Å². The summed E-state index contributed by atoms with van der Waals surface area (Å²) in [4.78, 5) is 13.4. The van der Waals surface area contributed by atoms with E-state index in [9.17, 15) is 13.6 Å². The zero-order valence-electron chi connectivity index (χ0n) is 10.9. The molecule has 5 heteroatoms. The largest absolute Gasteiger partial charge is 0.365 e. The highest BCUT2D eigenvalue weighted by atomic mass is 19.2. The Morgan fingerprint density at radius 3 is 2.45 bits per heavy atom. The van der Waals surface area contributed by atoms with Gasteiger partial charge in [0.1, 0.15) is 0 Å². The minimum atomic E-state index is -0.933. The van der Waals surface area contributed by atoms with Gasteiger partial charge in [-0.05, 0) is 24.3 Å². The Labute approximate surface area is 115 Å². The quantitative estimate of drug-likeness (QED) is 0.931. The second kappa shape index (κ2) is 6.14. The van der Waals surface area contributed by atoms with Gasteiger partial charge in [0.2, 0.25) is 5.91 Å². The predicted octanol–water partition coefficient (Wildman–Crippen LogP) is 3.04. The minimum Gasteiger partial charge on any atom is -0.365 e. The molecule has 1 N–H and O–H groups in total. The minimum absolute atomic E-state index is 0.0416. The van der Waals surface area contributed by atoms with Crippen LogP contribution in [-0.4, -0.2) is 19.5 Å². The van der Waals surface area contributed by atoms with Crippen LogP contribution in [0, 0.1) is 11.6 Å². The van der Waals surface area contributed by atoms with Crippen LogP contribution in [0.4, 0.5) is 20.2 Å². The highest BCUT2D eigenvalue weighted by molar-refractivity contribution is 5.93. The molecular formula is C15H14F2N2O. The molecule has 20 heavy (non-hydrogen) atoms. The number of halogens is 2. The van der Waals surface area contributed by atoms with Gasteiger partial charge in [-0.15, -0.1) is 0 Å². The van der Waals surface area contributed by atoms with Crippen molar-refractivity contribution in [3.8, 4) is 0 Å². The van der Waals surface area contributed by atoms with Crippen molar-refractivity contribution in [3.63, 3.8) is 0 Å². The number of carbonyl (C=O) groups excluding carboxylic acids is 1. The Balaban J connectivity index is 1.98. The molecule has 2 rings (SSSR count). The van der Waals surface area contributed by atoms with Gasteiger partial charge < -0.3 is 10.2 Å². The maximum absolute atomic E-state index is 13.1. The van der Waals surface area contributed by atoms with E-state index in [0.717, 1.165) is 12.1 Å². The molecule has 0 saturated heterocycles. The summed E-state index contributed by atoms with van der Waals surface area (Å²) in [5.41, 5.74) is 1.13. The maximum atomic E-state index is 13.1. The molecule has 0 bridgehead atoms. The van der Waals surface area contributed by atoms with E-state index in [2.05, 4.69) is 5.32 Å². The summed E-state index contributed by atoms with van der Waals surface area (Å²) >= 11 is 0. The SMILES string of the molecule is CN(CC(=O)Nc1ccccc1)c1ccc(F)c(F)c1. The summed E-state index contributed by atoms with van der Waals surface area (Å²) in [6.07, 6.45) is 0. The molecular weight excluding hydrogens is 262 g/mol. The van der Waals surface area contributed by atoms with Crippen molar-refractivity contribution in [3.05, 3.63) is 60.2 Å². The third-order valence-electron chi connectivity index (χ3n) is 2.78. The van der Waals surface area contributed by atoms with Crippen LogP contribution in [0.15, 0.2) is 48.5 Å². The zero-order valence-corrected chi connectivity index (χ0v) is 10.9. The third kappa shape index (κ3) is 3.54. The second-order valence-corrected chi connectivity index (χ2v) is 4.37. The van der Waals surface area contributed by atoms with Crippen molar-refractivity contribution in [1.82, 2.24) is 0 Å². The Kier molecular flexibility index (Phi) is 4.30. The van der Waals surface area contributed by atoms with E-state index in [1.54, 1.807) is 24.1 Å². The van der Waals surface area contributed by atoms with E-state index in [1.165, 1.54) is 6.07 Å². The molecule has 0 aliphatic heterocycles. The highest BCUT2D eigenvalue weighted by Gasteiger charge is 2.10. The number of benzene rings is 2. The van der Waals surface area contributed by atoms with Crippen LogP contribution >= 0.6 is 0 Å². The number of nitrogens with zero attached hydrogens (tertiary/aromatic N) is 1. The lowest BCUT2D eigenvalue weighted by Gasteiger charge is -2.18. The van der Waals surface area contributed by atoms with Crippen molar-refractivity contribution in [2.24, 2.45) is 0 Å². The van der Waals surface area contributed by atoms with Gasteiger partial charge in [-0.3, -0.25) is 4.79 Å². The van der Waals surface area contributed by atoms with Crippen molar-refractivity contribution < 1.29 is 13.6 Å². The number of carbonyl (C=O) groups is 1. The van der Waals surface area contributed by atoms with Gasteiger partial charge >= 0.3 is 0 Å². The van der Waals surface area contributed by atoms with Gasteiger partial charge in [0.25, 0.3) is 0 Å². The summed E-state index contributed by atoms with van der Waals surface area (Å²) in [5.74, 6) is -2.07. The molecule has 2 aromatic carbocycles. The lowest BCUT2D eigenvalue weighted by molar-refractivity contribution is -0.114. The average Bonchev–Trinajstić information content (AvgIpc) is 2.42. The first-order chi connectivity index (χ1) is 9.56. The molecule has 1 amide bonds. The molecule has 3 nitrogen and oxygen atoms in total. The van der Waals surface area contributed by atoms with Crippen LogP contribution in [0.1, 0.15) is 0 Å². The van der Waals surface area contributed by atoms with E-state index in [1.807, 2.05) is 18.2 Å².